The lowest BCUT2D eigenvalue weighted by Crippen LogP contribution is -3.19. The van der Waals surface area contributed by atoms with Gasteiger partial charge in [-0.2, -0.15) is 5.26 Å². The van der Waals surface area contributed by atoms with E-state index in [9.17, 15) is 4.79 Å². The number of carbonyl (C=O) groups excluding carboxylic acids is 1. The van der Waals surface area contributed by atoms with Gasteiger partial charge in [0.15, 0.2) is 6.04 Å². The van der Waals surface area contributed by atoms with Crippen LogP contribution in [0, 0.1) is 18.3 Å². The molecule has 26 heavy (non-hydrogen) atoms. The molecule has 2 aromatic rings. The third kappa shape index (κ3) is 4.04. The van der Waals surface area contributed by atoms with Crippen LogP contribution in [0.5, 0.6) is 0 Å². The minimum atomic E-state index is -0.107. The van der Waals surface area contributed by atoms with E-state index in [1.807, 2.05) is 6.92 Å². The molecule has 3 rings (SSSR count). The molecule has 0 unspecified atom stereocenters. The van der Waals surface area contributed by atoms with Crippen LogP contribution >= 0.6 is 0 Å². The number of nitrogens with zero attached hydrogens (tertiary/aromatic N) is 2. The van der Waals surface area contributed by atoms with Crippen molar-refractivity contribution in [3.05, 3.63) is 59.7 Å². The van der Waals surface area contributed by atoms with Crippen LogP contribution in [0.3, 0.4) is 0 Å². The van der Waals surface area contributed by atoms with Gasteiger partial charge >= 0.3 is 0 Å². The Morgan fingerprint density at radius 1 is 1.15 bits per heavy atom. The van der Waals surface area contributed by atoms with Crippen LogP contribution in [0.2, 0.25) is 0 Å². The fourth-order valence-electron chi connectivity index (χ4n) is 3.45. The Kier molecular flexibility index (Phi) is 5.55. The van der Waals surface area contributed by atoms with Gasteiger partial charge in [0.25, 0.3) is 5.91 Å². The number of piperazine rings is 1. The number of nitriles is 1. The largest absolute Gasteiger partial charge is 0.360 e. The SMILES string of the molecule is Cc1ccccc1N1CC[NH+]([C@@H](C)C(=O)Nc2ccc(C#N)cc2)CC1. The summed E-state index contributed by atoms with van der Waals surface area (Å²) in [7, 11) is 0. The van der Waals surface area contributed by atoms with Gasteiger partial charge in [0.2, 0.25) is 0 Å². The molecular formula is C21H25N4O+. The van der Waals surface area contributed by atoms with E-state index in [0.29, 0.717) is 5.56 Å². The Morgan fingerprint density at radius 2 is 1.81 bits per heavy atom. The molecule has 1 saturated heterocycles. The van der Waals surface area contributed by atoms with Crippen molar-refractivity contribution in [2.24, 2.45) is 0 Å². The van der Waals surface area contributed by atoms with Crippen molar-refractivity contribution in [3.8, 4) is 6.07 Å². The standard InChI is InChI=1S/C21H24N4O/c1-16-5-3-4-6-20(16)25-13-11-24(12-14-25)17(2)21(26)23-19-9-7-18(15-22)8-10-19/h3-10,17H,11-14H2,1-2H3,(H,23,26)/p+1/t17-/m0/s1. The van der Waals surface area contributed by atoms with Crippen molar-refractivity contribution >= 4 is 17.3 Å². The summed E-state index contributed by atoms with van der Waals surface area (Å²) < 4.78 is 0. The minimum absolute atomic E-state index is 0.0223. The molecule has 1 fully saturated rings. The van der Waals surface area contributed by atoms with E-state index in [1.54, 1.807) is 24.3 Å². The highest BCUT2D eigenvalue weighted by Crippen LogP contribution is 2.19. The summed E-state index contributed by atoms with van der Waals surface area (Å²) in [4.78, 5) is 16.3. The molecule has 0 bridgehead atoms. The average molecular weight is 349 g/mol. The Balaban J connectivity index is 1.55. The molecule has 0 aliphatic carbocycles. The summed E-state index contributed by atoms with van der Waals surface area (Å²) in [5.74, 6) is 0.0223. The molecule has 0 saturated carbocycles. The van der Waals surface area contributed by atoms with E-state index in [4.69, 9.17) is 5.26 Å². The number of quaternary nitrogens is 1. The Morgan fingerprint density at radius 3 is 2.42 bits per heavy atom. The number of hydrogen-bond donors (Lipinski definition) is 2. The van der Waals surface area contributed by atoms with Crippen LogP contribution in [0.1, 0.15) is 18.1 Å². The van der Waals surface area contributed by atoms with Gasteiger partial charge in [0.05, 0.1) is 37.8 Å². The molecule has 5 nitrogen and oxygen atoms in total. The molecule has 2 aromatic carbocycles. The number of amides is 1. The number of anilines is 2. The van der Waals surface area contributed by atoms with Gasteiger partial charge in [-0.3, -0.25) is 4.79 Å². The summed E-state index contributed by atoms with van der Waals surface area (Å²) in [5, 5.41) is 11.8. The summed E-state index contributed by atoms with van der Waals surface area (Å²) in [6, 6.07) is 17.4. The van der Waals surface area contributed by atoms with Gasteiger partial charge in [0, 0.05) is 11.4 Å². The zero-order valence-corrected chi connectivity index (χ0v) is 15.3. The first-order valence-corrected chi connectivity index (χ1v) is 9.04. The highest BCUT2D eigenvalue weighted by Gasteiger charge is 2.29. The number of carbonyl (C=O) groups is 1. The fraction of sp³-hybridized carbons (Fsp3) is 0.333. The van der Waals surface area contributed by atoms with Crippen LogP contribution in [0.4, 0.5) is 11.4 Å². The summed E-state index contributed by atoms with van der Waals surface area (Å²) >= 11 is 0. The zero-order chi connectivity index (χ0) is 18.5. The lowest BCUT2D eigenvalue weighted by atomic mass is 10.1. The molecular weight excluding hydrogens is 324 g/mol. The summed E-state index contributed by atoms with van der Waals surface area (Å²) in [6.45, 7) is 7.91. The molecule has 2 N–H and O–H groups in total. The van der Waals surface area contributed by atoms with E-state index in [0.717, 1.165) is 31.9 Å². The van der Waals surface area contributed by atoms with Crippen molar-refractivity contribution in [1.82, 2.24) is 0 Å². The quantitative estimate of drug-likeness (QED) is 0.881. The van der Waals surface area contributed by atoms with Gasteiger partial charge in [-0.15, -0.1) is 0 Å². The average Bonchev–Trinajstić information content (AvgIpc) is 2.68. The maximum Gasteiger partial charge on any atom is 0.282 e. The molecule has 0 spiro atoms. The van der Waals surface area contributed by atoms with Crippen molar-refractivity contribution in [2.75, 3.05) is 36.4 Å². The van der Waals surface area contributed by atoms with Crippen LogP contribution < -0.4 is 15.1 Å². The Bertz CT molecular complexity index is 802. The summed E-state index contributed by atoms with van der Waals surface area (Å²) in [5.41, 5.74) is 3.91. The third-order valence-electron chi connectivity index (χ3n) is 5.15. The van der Waals surface area contributed by atoms with Crippen molar-refractivity contribution in [1.29, 1.82) is 5.26 Å². The van der Waals surface area contributed by atoms with Gasteiger partial charge < -0.3 is 15.1 Å². The van der Waals surface area contributed by atoms with Gasteiger partial charge in [-0.1, -0.05) is 18.2 Å². The van der Waals surface area contributed by atoms with Crippen LogP contribution in [0.25, 0.3) is 0 Å². The first kappa shape index (κ1) is 18.0. The molecule has 1 aliphatic rings. The molecule has 1 atom stereocenters. The van der Waals surface area contributed by atoms with Crippen LogP contribution in [0.15, 0.2) is 48.5 Å². The Hall–Kier alpha value is -2.84. The molecule has 1 amide bonds. The number of hydrogen-bond acceptors (Lipinski definition) is 3. The van der Waals surface area contributed by atoms with E-state index >= 15 is 0 Å². The number of benzene rings is 2. The van der Waals surface area contributed by atoms with Gasteiger partial charge in [-0.05, 0) is 49.7 Å². The Labute approximate surface area is 154 Å². The fourth-order valence-corrected chi connectivity index (χ4v) is 3.45. The summed E-state index contributed by atoms with van der Waals surface area (Å²) in [6.07, 6.45) is 0. The molecule has 1 heterocycles. The monoisotopic (exact) mass is 349 g/mol. The molecule has 5 heteroatoms. The molecule has 1 aliphatic heterocycles. The molecule has 0 aromatic heterocycles. The highest BCUT2D eigenvalue weighted by molar-refractivity contribution is 5.93. The minimum Gasteiger partial charge on any atom is -0.360 e. The van der Waals surface area contributed by atoms with Crippen molar-refractivity contribution in [3.63, 3.8) is 0 Å². The van der Waals surface area contributed by atoms with E-state index in [1.165, 1.54) is 16.2 Å². The lowest BCUT2D eigenvalue weighted by Gasteiger charge is -2.36. The normalized spacial score (nSPS) is 16.0. The lowest BCUT2D eigenvalue weighted by molar-refractivity contribution is -0.914. The second-order valence-corrected chi connectivity index (χ2v) is 6.83. The topological polar surface area (TPSA) is 60.6 Å². The zero-order valence-electron chi connectivity index (χ0n) is 15.3. The predicted octanol–water partition coefficient (Wildman–Crippen LogP) is 1.60. The molecule has 134 valence electrons. The van der Waals surface area contributed by atoms with Gasteiger partial charge in [0.1, 0.15) is 0 Å². The maximum atomic E-state index is 12.6. The van der Waals surface area contributed by atoms with E-state index in [2.05, 4.69) is 47.5 Å². The smallest absolute Gasteiger partial charge is 0.282 e. The van der Waals surface area contributed by atoms with Crippen LogP contribution in [-0.4, -0.2) is 38.1 Å². The van der Waals surface area contributed by atoms with E-state index < -0.39 is 0 Å². The second kappa shape index (κ2) is 8.03. The van der Waals surface area contributed by atoms with Crippen LogP contribution in [-0.2, 0) is 4.79 Å². The van der Waals surface area contributed by atoms with Crippen molar-refractivity contribution < 1.29 is 9.69 Å². The molecule has 0 radical (unpaired) electrons. The van der Waals surface area contributed by atoms with Crippen molar-refractivity contribution in [2.45, 2.75) is 19.9 Å². The maximum absolute atomic E-state index is 12.6. The number of para-hydroxylation sites is 1. The van der Waals surface area contributed by atoms with E-state index in [-0.39, 0.29) is 11.9 Å². The third-order valence-corrected chi connectivity index (χ3v) is 5.15. The number of nitrogens with one attached hydrogen (secondary N) is 2. The second-order valence-electron chi connectivity index (χ2n) is 6.83. The highest BCUT2D eigenvalue weighted by atomic mass is 16.2. The first-order chi connectivity index (χ1) is 12.6. The first-order valence-electron chi connectivity index (χ1n) is 9.04. The predicted molar refractivity (Wildman–Crippen MR) is 103 cm³/mol. The number of aryl methyl sites for hydroxylation is 1. The van der Waals surface area contributed by atoms with Gasteiger partial charge in [-0.25, -0.2) is 0 Å². The number of rotatable bonds is 4.